The van der Waals surface area contributed by atoms with E-state index in [1.807, 2.05) is 13.0 Å². The van der Waals surface area contributed by atoms with Crippen molar-refractivity contribution in [3.05, 3.63) is 35.9 Å². The van der Waals surface area contributed by atoms with E-state index >= 15 is 0 Å². The van der Waals surface area contributed by atoms with Gasteiger partial charge in [-0.15, -0.1) is 0 Å². The van der Waals surface area contributed by atoms with Gasteiger partial charge in [-0.1, -0.05) is 18.2 Å². The molecule has 2 atom stereocenters. The van der Waals surface area contributed by atoms with Crippen LogP contribution in [0.3, 0.4) is 0 Å². The third kappa shape index (κ3) is 5.07. The highest BCUT2D eigenvalue weighted by molar-refractivity contribution is 5.97. The van der Waals surface area contributed by atoms with Gasteiger partial charge in [-0.3, -0.25) is 19.3 Å². The van der Waals surface area contributed by atoms with Crippen molar-refractivity contribution in [3.63, 3.8) is 0 Å². The largest absolute Gasteiger partial charge is 0.352 e. The minimum atomic E-state index is -0.583. The fourth-order valence-corrected chi connectivity index (χ4v) is 3.25. The molecule has 2 unspecified atom stereocenters. The third-order valence-corrected chi connectivity index (χ3v) is 5.23. The van der Waals surface area contributed by atoms with Gasteiger partial charge < -0.3 is 15.5 Å². The molecule has 3 amide bonds. The van der Waals surface area contributed by atoms with Crippen LogP contribution in [0.25, 0.3) is 0 Å². The molecule has 0 bridgehead atoms. The summed E-state index contributed by atoms with van der Waals surface area (Å²) in [5.74, 6) is -0.268. The van der Waals surface area contributed by atoms with Gasteiger partial charge in [0.1, 0.15) is 6.04 Å². The van der Waals surface area contributed by atoms with Crippen LogP contribution in [0.5, 0.6) is 0 Å². The van der Waals surface area contributed by atoms with Crippen molar-refractivity contribution in [2.24, 2.45) is 0 Å². The van der Waals surface area contributed by atoms with E-state index in [0.29, 0.717) is 37.8 Å². The fraction of sp³-hybridized carbons (Fsp3) is 0.550. The molecule has 2 N–H and O–H groups in total. The molecule has 1 aromatic rings. The number of nitrogens with one attached hydrogen (secondary N) is 2. The molecular weight excluding hydrogens is 344 g/mol. The third-order valence-electron chi connectivity index (χ3n) is 5.23. The van der Waals surface area contributed by atoms with Crippen LogP contribution in [0.2, 0.25) is 0 Å². The van der Waals surface area contributed by atoms with E-state index < -0.39 is 6.04 Å². The summed E-state index contributed by atoms with van der Waals surface area (Å²) >= 11 is 0. The van der Waals surface area contributed by atoms with E-state index in [-0.39, 0.29) is 23.8 Å². The Morgan fingerprint density at radius 2 is 1.63 bits per heavy atom. The summed E-state index contributed by atoms with van der Waals surface area (Å²) in [6.07, 6.45) is 2.15. The molecule has 1 aliphatic carbocycles. The minimum absolute atomic E-state index is 0.0702. The van der Waals surface area contributed by atoms with Crippen molar-refractivity contribution in [3.8, 4) is 0 Å². The molecule has 146 valence electrons. The van der Waals surface area contributed by atoms with E-state index in [1.54, 1.807) is 36.1 Å². The number of hydrogen-bond acceptors (Lipinski definition) is 4. The van der Waals surface area contributed by atoms with Crippen LogP contribution in [0, 0.1) is 0 Å². The van der Waals surface area contributed by atoms with Crippen LogP contribution in [-0.4, -0.2) is 71.8 Å². The van der Waals surface area contributed by atoms with Gasteiger partial charge in [-0.05, 0) is 38.8 Å². The summed E-state index contributed by atoms with van der Waals surface area (Å²) in [6, 6.07) is 8.47. The second kappa shape index (κ2) is 8.52. The lowest BCUT2D eigenvalue weighted by Crippen LogP contribution is -2.57. The quantitative estimate of drug-likeness (QED) is 0.767. The molecular formula is C20H28N4O3. The zero-order chi connectivity index (χ0) is 19.4. The second-order valence-electron chi connectivity index (χ2n) is 7.38. The zero-order valence-electron chi connectivity index (χ0n) is 16.0. The molecule has 0 spiro atoms. The van der Waals surface area contributed by atoms with E-state index in [2.05, 4.69) is 15.5 Å². The fourth-order valence-electron chi connectivity index (χ4n) is 3.25. The average Bonchev–Trinajstić information content (AvgIpc) is 3.51. The van der Waals surface area contributed by atoms with Gasteiger partial charge in [-0.2, -0.15) is 0 Å². The van der Waals surface area contributed by atoms with Crippen molar-refractivity contribution >= 4 is 17.7 Å². The van der Waals surface area contributed by atoms with Crippen molar-refractivity contribution < 1.29 is 14.4 Å². The summed E-state index contributed by atoms with van der Waals surface area (Å²) in [6.45, 7) is 6.06. The van der Waals surface area contributed by atoms with Gasteiger partial charge in [0.05, 0.1) is 6.04 Å². The molecule has 3 rings (SSSR count). The first kappa shape index (κ1) is 19.4. The van der Waals surface area contributed by atoms with Crippen molar-refractivity contribution in [2.45, 2.75) is 44.8 Å². The normalized spacial score (nSPS) is 19.9. The number of nitrogens with zero attached hydrogens (tertiary/aromatic N) is 2. The van der Waals surface area contributed by atoms with Crippen molar-refractivity contribution in [2.75, 3.05) is 26.2 Å². The first-order valence-electron chi connectivity index (χ1n) is 9.65. The smallest absolute Gasteiger partial charge is 0.251 e. The molecule has 1 saturated heterocycles. The minimum Gasteiger partial charge on any atom is -0.352 e. The topological polar surface area (TPSA) is 81.8 Å². The predicted octanol–water partition coefficient (Wildman–Crippen LogP) is 0.616. The standard InChI is InChI=1S/C20H28N4O3/c1-14(21-19(26)16-6-4-3-5-7-16)20(27)24-12-10-23(11-13-24)15(2)18(25)22-17-8-9-17/h3-7,14-15,17H,8-13H2,1-2H3,(H,21,26)(H,22,25). The summed E-state index contributed by atoms with van der Waals surface area (Å²) in [7, 11) is 0. The van der Waals surface area contributed by atoms with Crippen molar-refractivity contribution in [1.82, 2.24) is 20.4 Å². The van der Waals surface area contributed by atoms with Crippen LogP contribution in [0.15, 0.2) is 30.3 Å². The van der Waals surface area contributed by atoms with Gasteiger partial charge in [0.2, 0.25) is 11.8 Å². The van der Waals surface area contributed by atoms with Crippen LogP contribution < -0.4 is 10.6 Å². The van der Waals surface area contributed by atoms with E-state index in [4.69, 9.17) is 0 Å². The predicted molar refractivity (Wildman–Crippen MR) is 102 cm³/mol. The molecule has 27 heavy (non-hydrogen) atoms. The average molecular weight is 372 g/mol. The van der Waals surface area contributed by atoms with Gasteiger partial charge >= 0.3 is 0 Å². The molecule has 7 nitrogen and oxygen atoms in total. The molecule has 1 heterocycles. The van der Waals surface area contributed by atoms with Gasteiger partial charge in [0, 0.05) is 37.8 Å². The van der Waals surface area contributed by atoms with E-state index in [9.17, 15) is 14.4 Å². The first-order chi connectivity index (χ1) is 13.0. The Kier molecular flexibility index (Phi) is 6.11. The van der Waals surface area contributed by atoms with E-state index in [0.717, 1.165) is 12.8 Å². The molecule has 1 aliphatic heterocycles. The number of rotatable bonds is 6. The number of piperazine rings is 1. The molecule has 1 saturated carbocycles. The van der Waals surface area contributed by atoms with Crippen LogP contribution in [-0.2, 0) is 9.59 Å². The highest BCUT2D eigenvalue weighted by atomic mass is 16.2. The summed E-state index contributed by atoms with van der Waals surface area (Å²) < 4.78 is 0. The Morgan fingerprint density at radius 3 is 2.22 bits per heavy atom. The maximum atomic E-state index is 12.6. The van der Waals surface area contributed by atoms with Crippen LogP contribution in [0.4, 0.5) is 0 Å². The highest BCUT2D eigenvalue weighted by Crippen LogP contribution is 2.19. The van der Waals surface area contributed by atoms with Gasteiger partial charge in [-0.25, -0.2) is 0 Å². The number of carbonyl (C=O) groups excluding carboxylic acids is 3. The monoisotopic (exact) mass is 372 g/mol. The maximum absolute atomic E-state index is 12.6. The molecule has 0 radical (unpaired) electrons. The highest BCUT2D eigenvalue weighted by Gasteiger charge is 2.32. The Morgan fingerprint density at radius 1 is 1.00 bits per heavy atom. The number of benzene rings is 1. The Labute approximate surface area is 160 Å². The van der Waals surface area contributed by atoms with Gasteiger partial charge in [0.15, 0.2) is 0 Å². The lowest BCUT2D eigenvalue weighted by atomic mass is 10.1. The lowest BCUT2D eigenvalue weighted by Gasteiger charge is -2.38. The summed E-state index contributed by atoms with van der Waals surface area (Å²) in [4.78, 5) is 40.9. The van der Waals surface area contributed by atoms with Crippen molar-refractivity contribution in [1.29, 1.82) is 0 Å². The summed E-state index contributed by atoms with van der Waals surface area (Å²) in [5, 5.41) is 5.80. The molecule has 7 heteroatoms. The first-order valence-corrected chi connectivity index (χ1v) is 9.65. The lowest BCUT2D eigenvalue weighted by molar-refractivity contribution is -0.135. The Bertz CT molecular complexity index is 682. The number of amides is 3. The van der Waals surface area contributed by atoms with Crippen LogP contribution in [0.1, 0.15) is 37.0 Å². The van der Waals surface area contributed by atoms with Crippen LogP contribution >= 0.6 is 0 Å². The maximum Gasteiger partial charge on any atom is 0.251 e. The molecule has 2 fully saturated rings. The zero-order valence-corrected chi connectivity index (χ0v) is 16.0. The number of hydrogen-bond donors (Lipinski definition) is 2. The number of carbonyl (C=O) groups is 3. The SMILES string of the molecule is CC(NC(=O)c1ccccc1)C(=O)N1CCN(C(C)C(=O)NC2CC2)CC1. The molecule has 0 aromatic heterocycles. The molecule has 1 aromatic carbocycles. The summed E-state index contributed by atoms with van der Waals surface area (Å²) in [5.41, 5.74) is 0.539. The Hall–Kier alpha value is -2.41. The molecule has 2 aliphatic rings. The van der Waals surface area contributed by atoms with Gasteiger partial charge in [0.25, 0.3) is 5.91 Å². The Balaban J connectivity index is 1.46. The van der Waals surface area contributed by atoms with E-state index in [1.165, 1.54) is 0 Å². The second-order valence-corrected chi connectivity index (χ2v) is 7.38.